The van der Waals surface area contributed by atoms with Crippen molar-refractivity contribution in [3.05, 3.63) is 70.8 Å². The highest BCUT2D eigenvalue weighted by molar-refractivity contribution is 5.94. The topological polar surface area (TPSA) is 32.3 Å². The number of likely N-dealkylation sites (tertiary alicyclic amines) is 1. The summed E-state index contributed by atoms with van der Waals surface area (Å²) < 4.78 is 0. The van der Waals surface area contributed by atoms with Crippen LogP contribution in [0.2, 0.25) is 0 Å². The zero-order chi connectivity index (χ0) is 19.8. The summed E-state index contributed by atoms with van der Waals surface area (Å²) >= 11 is 0. The first-order chi connectivity index (χ1) is 13.7. The molecule has 1 unspecified atom stereocenters. The van der Waals surface area contributed by atoms with Crippen LogP contribution in [-0.2, 0) is 13.0 Å². The summed E-state index contributed by atoms with van der Waals surface area (Å²) in [6.07, 6.45) is 5.89. The second-order valence-electron chi connectivity index (χ2n) is 8.12. The highest BCUT2D eigenvalue weighted by atomic mass is 16.1. The Labute approximate surface area is 170 Å². The molecule has 1 aliphatic rings. The maximum absolute atomic E-state index is 12.4. The van der Waals surface area contributed by atoms with Gasteiger partial charge in [0.1, 0.15) is 0 Å². The Balaban J connectivity index is 1.43. The molecule has 1 aliphatic heterocycles. The van der Waals surface area contributed by atoms with E-state index in [1.165, 1.54) is 55.5 Å². The van der Waals surface area contributed by atoms with Gasteiger partial charge in [0, 0.05) is 18.7 Å². The first-order valence-corrected chi connectivity index (χ1v) is 10.8. The summed E-state index contributed by atoms with van der Waals surface area (Å²) in [5, 5.41) is 3.05. The molecule has 0 spiro atoms. The van der Waals surface area contributed by atoms with E-state index < -0.39 is 0 Å². The van der Waals surface area contributed by atoms with Crippen molar-refractivity contribution in [1.29, 1.82) is 0 Å². The van der Waals surface area contributed by atoms with Gasteiger partial charge in [0.05, 0.1) is 0 Å². The number of benzene rings is 2. The zero-order valence-corrected chi connectivity index (χ0v) is 17.4. The first-order valence-electron chi connectivity index (χ1n) is 10.8. The van der Waals surface area contributed by atoms with Crippen molar-refractivity contribution in [3.8, 4) is 0 Å². The third-order valence-corrected chi connectivity index (χ3v) is 5.79. The van der Waals surface area contributed by atoms with Crippen molar-refractivity contribution in [3.63, 3.8) is 0 Å². The maximum atomic E-state index is 12.4. The average molecular weight is 379 g/mol. The van der Waals surface area contributed by atoms with Crippen molar-refractivity contribution >= 4 is 5.91 Å². The minimum Gasteiger partial charge on any atom is -0.352 e. The van der Waals surface area contributed by atoms with E-state index in [-0.39, 0.29) is 5.91 Å². The number of nitrogens with zero attached hydrogens (tertiary/aromatic N) is 1. The van der Waals surface area contributed by atoms with Crippen LogP contribution in [0.3, 0.4) is 0 Å². The number of amides is 1. The van der Waals surface area contributed by atoms with Gasteiger partial charge < -0.3 is 5.32 Å². The number of hydrogen-bond donors (Lipinski definition) is 1. The van der Waals surface area contributed by atoms with Crippen LogP contribution in [0.15, 0.2) is 48.5 Å². The number of carbonyl (C=O) groups is 1. The molecule has 1 fully saturated rings. The van der Waals surface area contributed by atoms with E-state index in [2.05, 4.69) is 60.5 Å². The van der Waals surface area contributed by atoms with Gasteiger partial charge in [-0.15, -0.1) is 0 Å². The van der Waals surface area contributed by atoms with E-state index in [4.69, 9.17) is 0 Å². The fourth-order valence-corrected chi connectivity index (χ4v) is 4.00. The number of hydrogen-bond acceptors (Lipinski definition) is 2. The summed E-state index contributed by atoms with van der Waals surface area (Å²) in [5.41, 5.74) is 4.71. The smallest absolute Gasteiger partial charge is 0.251 e. The summed E-state index contributed by atoms with van der Waals surface area (Å²) in [4.78, 5) is 14.9. The van der Waals surface area contributed by atoms with E-state index in [0.717, 1.165) is 18.5 Å². The van der Waals surface area contributed by atoms with E-state index in [1.807, 2.05) is 12.1 Å². The molecule has 3 nitrogen and oxygen atoms in total. The van der Waals surface area contributed by atoms with Crippen molar-refractivity contribution in [2.75, 3.05) is 19.6 Å². The SMILES string of the molecule is CCCC(C)c1ccc(C(=O)NCCc2ccc(CN3CCCC3)cc2)cc1. The Morgan fingerprint density at radius 2 is 1.64 bits per heavy atom. The van der Waals surface area contributed by atoms with Crippen molar-refractivity contribution in [2.24, 2.45) is 0 Å². The van der Waals surface area contributed by atoms with Crippen LogP contribution in [0.5, 0.6) is 0 Å². The zero-order valence-electron chi connectivity index (χ0n) is 17.4. The van der Waals surface area contributed by atoms with Crippen molar-refractivity contribution in [2.45, 2.75) is 58.4 Å². The fraction of sp³-hybridized carbons (Fsp3) is 0.480. The van der Waals surface area contributed by atoms with E-state index in [1.54, 1.807) is 0 Å². The van der Waals surface area contributed by atoms with Gasteiger partial charge >= 0.3 is 0 Å². The molecule has 0 aliphatic carbocycles. The van der Waals surface area contributed by atoms with Gasteiger partial charge in [0.15, 0.2) is 0 Å². The van der Waals surface area contributed by atoms with Crippen LogP contribution in [-0.4, -0.2) is 30.4 Å². The average Bonchev–Trinajstić information content (AvgIpc) is 3.22. The molecule has 1 saturated heterocycles. The third kappa shape index (κ3) is 5.93. The van der Waals surface area contributed by atoms with Gasteiger partial charge in [0.2, 0.25) is 0 Å². The second kappa shape index (κ2) is 10.4. The van der Waals surface area contributed by atoms with Crippen LogP contribution >= 0.6 is 0 Å². The molecule has 0 saturated carbocycles. The molecule has 3 rings (SSSR count). The minimum atomic E-state index is 0.0142. The normalized spacial score (nSPS) is 15.5. The molecular formula is C25H34N2O. The van der Waals surface area contributed by atoms with E-state index in [9.17, 15) is 4.79 Å². The Bertz CT molecular complexity index is 730. The molecular weight excluding hydrogens is 344 g/mol. The lowest BCUT2D eigenvalue weighted by Crippen LogP contribution is -2.25. The maximum Gasteiger partial charge on any atom is 0.251 e. The molecule has 1 N–H and O–H groups in total. The molecule has 1 atom stereocenters. The predicted molar refractivity (Wildman–Crippen MR) is 117 cm³/mol. The van der Waals surface area contributed by atoms with E-state index >= 15 is 0 Å². The highest BCUT2D eigenvalue weighted by Crippen LogP contribution is 2.20. The summed E-state index contributed by atoms with van der Waals surface area (Å²) in [7, 11) is 0. The molecule has 1 amide bonds. The van der Waals surface area contributed by atoms with Gasteiger partial charge in [-0.3, -0.25) is 9.69 Å². The van der Waals surface area contributed by atoms with Crippen LogP contribution in [0.1, 0.15) is 72.5 Å². The molecule has 0 radical (unpaired) electrons. The molecule has 1 heterocycles. The van der Waals surface area contributed by atoms with Gasteiger partial charge in [-0.2, -0.15) is 0 Å². The number of nitrogens with one attached hydrogen (secondary N) is 1. The van der Waals surface area contributed by atoms with Crippen molar-refractivity contribution < 1.29 is 4.79 Å². The highest BCUT2D eigenvalue weighted by Gasteiger charge is 2.11. The van der Waals surface area contributed by atoms with Crippen LogP contribution < -0.4 is 5.32 Å². The Morgan fingerprint density at radius 1 is 1.00 bits per heavy atom. The monoisotopic (exact) mass is 378 g/mol. The fourth-order valence-electron chi connectivity index (χ4n) is 4.00. The van der Waals surface area contributed by atoms with Crippen LogP contribution in [0, 0.1) is 0 Å². The lowest BCUT2D eigenvalue weighted by atomic mass is 9.95. The molecule has 2 aromatic carbocycles. The largest absolute Gasteiger partial charge is 0.352 e. The van der Waals surface area contributed by atoms with Crippen LogP contribution in [0.25, 0.3) is 0 Å². The molecule has 150 valence electrons. The van der Waals surface area contributed by atoms with Gasteiger partial charge in [-0.25, -0.2) is 0 Å². The van der Waals surface area contributed by atoms with Gasteiger partial charge in [-0.05, 0) is 73.5 Å². The second-order valence-corrected chi connectivity index (χ2v) is 8.12. The lowest BCUT2D eigenvalue weighted by Gasteiger charge is -2.14. The summed E-state index contributed by atoms with van der Waals surface area (Å²) in [6.45, 7) is 8.63. The molecule has 3 heteroatoms. The lowest BCUT2D eigenvalue weighted by molar-refractivity contribution is 0.0954. The molecule has 0 aromatic heterocycles. The van der Waals surface area contributed by atoms with E-state index in [0.29, 0.717) is 12.5 Å². The quantitative estimate of drug-likeness (QED) is 0.654. The van der Waals surface area contributed by atoms with Crippen LogP contribution in [0.4, 0.5) is 0 Å². The molecule has 0 bridgehead atoms. The van der Waals surface area contributed by atoms with Crippen molar-refractivity contribution in [1.82, 2.24) is 10.2 Å². The Hall–Kier alpha value is -2.13. The first kappa shape index (κ1) is 20.6. The predicted octanol–water partition coefficient (Wildman–Crippen LogP) is 5.16. The summed E-state index contributed by atoms with van der Waals surface area (Å²) in [5.74, 6) is 0.566. The third-order valence-electron chi connectivity index (χ3n) is 5.79. The summed E-state index contributed by atoms with van der Waals surface area (Å²) in [6, 6.07) is 16.9. The van der Waals surface area contributed by atoms with Gasteiger partial charge in [0.25, 0.3) is 5.91 Å². The minimum absolute atomic E-state index is 0.0142. The Morgan fingerprint density at radius 3 is 2.29 bits per heavy atom. The number of carbonyl (C=O) groups excluding carboxylic acids is 1. The molecule has 28 heavy (non-hydrogen) atoms. The van der Waals surface area contributed by atoms with Gasteiger partial charge in [-0.1, -0.05) is 56.7 Å². The Kier molecular flexibility index (Phi) is 7.67. The molecule has 2 aromatic rings. The standard InChI is InChI=1S/C25H34N2O/c1-3-6-20(2)23-11-13-24(14-12-23)25(28)26-16-15-21-7-9-22(10-8-21)19-27-17-4-5-18-27/h7-14,20H,3-6,15-19H2,1-2H3,(H,26,28). The number of rotatable bonds is 9.